The Hall–Kier alpha value is -2.91. The van der Waals surface area contributed by atoms with Crippen molar-refractivity contribution in [1.82, 2.24) is 4.72 Å². The highest BCUT2D eigenvalue weighted by Gasteiger charge is 2.20. The minimum absolute atomic E-state index is 0.000240. The molecule has 142 valence electrons. The van der Waals surface area contributed by atoms with Crippen LogP contribution >= 0.6 is 11.6 Å². The molecule has 2 aromatic carbocycles. The first kappa shape index (κ1) is 20.4. The van der Waals surface area contributed by atoms with Gasteiger partial charge in [0.25, 0.3) is 10.0 Å². The van der Waals surface area contributed by atoms with E-state index in [9.17, 15) is 22.8 Å². The third-order valence-corrected chi connectivity index (χ3v) is 5.02. The highest BCUT2D eigenvalue weighted by molar-refractivity contribution is 7.90. The minimum atomic E-state index is -4.19. The van der Waals surface area contributed by atoms with Gasteiger partial charge in [0.2, 0.25) is 0 Å². The van der Waals surface area contributed by atoms with Crippen molar-refractivity contribution in [3.8, 4) is 0 Å². The molecule has 0 fully saturated rings. The predicted octanol–water partition coefficient (Wildman–Crippen LogP) is 2.84. The molecule has 0 saturated heterocycles. The number of nitrogens with one attached hydrogen (secondary N) is 2. The summed E-state index contributed by atoms with van der Waals surface area (Å²) < 4.78 is 31.0. The number of ether oxygens (including phenoxy) is 1. The predicted molar refractivity (Wildman–Crippen MR) is 98.6 cm³/mol. The number of hydrogen-bond donors (Lipinski definition) is 2. The highest BCUT2D eigenvalue weighted by Crippen LogP contribution is 2.22. The number of Topliss-reactive ketones (excluding diaryl/α,β-unsaturated/α-hetero) is 1. The van der Waals surface area contributed by atoms with E-state index in [1.165, 1.54) is 49.4 Å². The molecule has 0 aliphatic carbocycles. The molecule has 0 heterocycles. The van der Waals surface area contributed by atoms with Crippen molar-refractivity contribution in [3.63, 3.8) is 0 Å². The summed E-state index contributed by atoms with van der Waals surface area (Å²) in [5.74, 6) is -0.953. The molecule has 10 heteroatoms. The van der Waals surface area contributed by atoms with Crippen LogP contribution in [0.1, 0.15) is 27.6 Å². The van der Waals surface area contributed by atoms with E-state index in [4.69, 9.17) is 11.6 Å². The number of halogens is 1. The zero-order valence-corrected chi connectivity index (χ0v) is 15.8. The Morgan fingerprint density at radius 3 is 2.22 bits per heavy atom. The maximum Gasteiger partial charge on any atom is 0.339 e. The average molecular weight is 411 g/mol. The van der Waals surface area contributed by atoms with Crippen LogP contribution in [0.5, 0.6) is 0 Å². The molecule has 0 atom stereocenters. The molecule has 0 bridgehead atoms. The summed E-state index contributed by atoms with van der Waals surface area (Å²) in [6.07, 6.45) is 0. The van der Waals surface area contributed by atoms with E-state index in [2.05, 4.69) is 10.1 Å². The van der Waals surface area contributed by atoms with Crippen LogP contribution in [0.3, 0.4) is 0 Å². The van der Waals surface area contributed by atoms with Gasteiger partial charge in [-0.2, -0.15) is 0 Å². The van der Waals surface area contributed by atoms with Crippen LogP contribution < -0.4 is 10.0 Å². The van der Waals surface area contributed by atoms with Gasteiger partial charge in [-0.15, -0.1) is 0 Å². The Labute approximate surface area is 160 Å². The van der Waals surface area contributed by atoms with E-state index in [1.54, 1.807) is 0 Å². The van der Waals surface area contributed by atoms with Crippen molar-refractivity contribution in [2.75, 3.05) is 12.4 Å². The number of methoxy groups -OCH3 is 1. The van der Waals surface area contributed by atoms with Crippen LogP contribution in [0, 0.1) is 0 Å². The maximum atomic E-state index is 12.3. The van der Waals surface area contributed by atoms with E-state index < -0.39 is 22.0 Å². The number of sulfonamides is 1. The molecule has 0 aliphatic heterocycles. The maximum absolute atomic E-state index is 12.3. The molecule has 0 radical (unpaired) electrons. The lowest BCUT2D eigenvalue weighted by Gasteiger charge is -2.12. The van der Waals surface area contributed by atoms with Crippen LogP contribution in [0.4, 0.5) is 10.5 Å². The van der Waals surface area contributed by atoms with Gasteiger partial charge in [0.15, 0.2) is 5.78 Å². The van der Waals surface area contributed by atoms with Crippen molar-refractivity contribution in [2.45, 2.75) is 11.8 Å². The summed E-state index contributed by atoms with van der Waals surface area (Å²) in [7, 11) is -3.03. The molecule has 2 amide bonds. The van der Waals surface area contributed by atoms with Gasteiger partial charge in [0, 0.05) is 10.6 Å². The lowest BCUT2D eigenvalue weighted by atomic mass is 10.2. The van der Waals surface area contributed by atoms with E-state index in [1.807, 2.05) is 4.72 Å². The van der Waals surface area contributed by atoms with Gasteiger partial charge in [0.05, 0.1) is 23.3 Å². The molecule has 0 spiro atoms. The smallest absolute Gasteiger partial charge is 0.339 e. The zero-order chi connectivity index (χ0) is 20.2. The van der Waals surface area contributed by atoms with E-state index in [0.29, 0.717) is 5.56 Å². The van der Waals surface area contributed by atoms with Gasteiger partial charge in [-0.1, -0.05) is 23.7 Å². The number of carbonyl (C=O) groups is 3. The SMILES string of the molecule is COC(=O)c1ccc(Cl)cc1NC(=O)NS(=O)(=O)c1ccc(C(C)=O)cc1. The molecule has 0 aliphatic rings. The number of anilines is 1. The number of amides is 2. The molecule has 0 saturated carbocycles. The van der Waals surface area contributed by atoms with Gasteiger partial charge in [0.1, 0.15) is 0 Å². The van der Waals surface area contributed by atoms with Crippen molar-refractivity contribution >= 4 is 45.1 Å². The summed E-state index contributed by atoms with van der Waals surface area (Å²) in [5, 5.41) is 2.48. The molecule has 2 aromatic rings. The fourth-order valence-electron chi connectivity index (χ4n) is 2.11. The molecule has 2 N–H and O–H groups in total. The lowest BCUT2D eigenvalue weighted by Crippen LogP contribution is -2.34. The normalized spacial score (nSPS) is 10.8. The second-order valence-corrected chi connectivity index (χ2v) is 7.44. The molecule has 8 nitrogen and oxygen atoms in total. The largest absolute Gasteiger partial charge is 0.465 e. The van der Waals surface area contributed by atoms with Crippen molar-refractivity contribution in [3.05, 3.63) is 58.6 Å². The minimum Gasteiger partial charge on any atom is -0.465 e. The van der Waals surface area contributed by atoms with Gasteiger partial charge < -0.3 is 10.1 Å². The van der Waals surface area contributed by atoms with Gasteiger partial charge in [-0.25, -0.2) is 22.7 Å². The molecule has 2 rings (SSSR count). The molecular formula is C17H15ClN2O6S. The molecular weight excluding hydrogens is 396 g/mol. The van der Waals surface area contributed by atoms with Crippen LogP contribution in [0.15, 0.2) is 47.4 Å². The first-order valence-corrected chi connectivity index (χ1v) is 9.33. The Balaban J connectivity index is 2.21. The van der Waals surface area contributed by atoms with Crippen molar-refractivity contribution < 1.29 is 27.5 Å². The molecule has 27 heavy (non-hydrogen) atoms. The number of hydrogen-bond acceptors (Lipinski definition) is 6. The number of rotatable bonds is 5. The highest BCUT2D eigenvalue weighted by atomic mass is 35.5. The van der Waals surface area contributed by atoms with Crippen LogP contribution in [-0.4, -0.2) is 33.3 Å². The monoisotopic (exact) mass is 410 g/mol. The zero-order valence-electron chi connectivity index (χ0n) is 14.3. The Morgan fingerprint density at radius 1 is 1.04 bits per heavy atom. The summed E-state index contributed by atoms with van der Waals surface area (Å²) in [6, 6.07) is 8.00. The second-order valence-electron chi connectivity index (χ2n) is 5.32. The topological polar surface area (TPSA) is 119 Å². The standard InChI is InChI=1S/C17H15ClN2O6S/c1-10(21)11-3-6-13(7-4-11)27(24,25)20-17(23)19-15-9-12(18)5-8-14(15)16(22)26-2/h3-9H,1-2H3,(H2,19,20,23). The van der Waals surface area contributed by atoms with Gasteiger partial charge in [-0.05, 0) is 37.3 Å². The van der Waals surface area contributed by atoms with Gasteiger partial charge >= 0.3 is 12.0 Å². The van der Waals surface area contributed by atoms with Crippen LogP contribution in [0.2, 0.25) is 5.02 Å². The van der Waals surface area contributed by atoms with Crippen molar-refractivity contribution in [2.24, 2.45) is 0 Å². The Bertz CT molecular complexity index is 1000. The Morgan fingerprint density at radius 2 is 1.67 bits per heavy atom. The number of ketones is 1. The summed E-state index contributed by atoms with van der Waals surface area (Å²) in [6.45, 7) is 1.35. The van der Waals surface area contributed by atoms with Crippen molar-refractivity contribution in [1.29, 1.82) is 0 Å². The average Bonchev–Trinajstić information content (AvgIpc) is 2.60. The number of esters is 1. The summed E-state index contributed by atoms with van der Waals surface area (Å²) >= 11 is 5.85. The first-order chi connectivity index (χ1) is 12.6. The van der Waals surface area contributed by atoms with Crippen LogP contribution in [0.25, 0.3) is 0 Å². The Kier molecular flexibility index (Phi) is 6.19. The number of benzene rings is 2. The van der Waals surface area contributed by atoms with E-state index in [0.717, 1.165) is 7.11 Å². The fourth-order valence-corrected chi connectivity index (χ4v) is 3.18. The van der Waals surface area contributed by atoms with E-state index >= 15 is 0 Å². The summed E-state index contributed by atoms with van der Waals surface area (Å²) in [4.78, 5) is 34.9. The second kappa shape index (κ2) is 8.19. The van der Waals surface area contributed by atoms with Gasteiger partial charge in [-0.3, -0.25) is 4.79 Å². The number of carbonyl (C=O) groups excluding carboxylic acids is 3. The van der Waals surface area contributed by atoms with E-state index in [-0.39, 0.29) is 27.0 Å². The third kappa shape index (κ3) is 5.05. The fraction of sp³-hybridized carbons (Fsp3) is 0.118. The first-order valence-electron chi connectivity index (χ1n) is 7.46. The molecule has 0 unspecified atom stereocenters. The van der Waals surface area contributed by atoms with Crippen LogP contribution in [-0.2, 0) is 14.8 Å². The quantitative estimate of drug-likeness (QED) is 0.577. The summed E-state index contributed by atoms with van der Waals surface area (Å²) in [5.41, 5.74) is 0.314. The lowest BCUT2D eigenvalue weighted by molar-refractivity contribution is 0.0601. The third-order valence-electron chi connectivity index (χ3n) is 3.43. The number of urea groups is 1. The molecule has 0 aromatic heterocycles.